The fourth-order valence-electron chi connectivity index (χ4n) is 2.39. The Morgan fingerprint density at radius 2 is 2.24 bits per heavy atom. The molecule has 7 heteroatoms. The number of nitriles is 1. The van der Waals surface area contributed by atoms with Crippen LogP contribution in [0.3, 0.4) is 0 Å². The van der Waals surface area contributed by atoms with Crippen LogP contribution in [-0.4, -0.2) is 28.6 Å². The topological polar surface area (TPSA) is 87.9 Å². The highest BCUT2D eigenvalue weighted by atomic mass is 35.5. The summed E-state index contributed by atoms with van der Waals surface area (Å²) in [5, 5.41) is 12.2. The van der Waals surface area contributed by atoms with Crippen LogP contribution in [0.25, 0.3) is 0 Å². The summed E-state index contributed by atoms with van der Waals surface area (Å²) in [5.74, 6) is 0.0535. The van der Waals surface area contributed by atoms with Crippen molar-refractivity contribution in [1.82, 2.24) is 9.97 Å². The highest BCUT2D eigenvalue weighted by molar-refractivity contribution is 6.28. The quantitative estimate of drug-likeness (QED) is 0.679. The maximum Gasteiger partial charge on any atom is 0.343 e. The number of hydrogen-bond donors (Lipinski definition) is 1. The molecule has 0 aliphatic heterocycles. The zero-order chi connectivity index (χ0) is 15.2. The second kappa shape index (κ2) is 7.23. The molecule has 0 aromatic carbocycles. The van der Waals surface area contributed by atoms with Gasteiger partial charge in [-0.2, -0.15) is 10.2 Å². The van der Waals surface area contributed by atoms with Crippen molar-refractivity contribution in [2.75, 3.05) is 11.9 Å². The highest BCUT2D eigenvalue weighted by Crippen LogP contribution is 2.27. The zero-order valence-electron chi connectivity index (χ0n) is 11.8. The van der Waals surface area contributed by atoms with Crippen LogP contribution in [0.15, 0.2) is 6.20 Å². The summed E-state index contributed by atoms with van der Waals surface area (Å²) >= 11 is 5.80. The molecule has 0 bridgehead atoms. The van der Waals surface area contributed by atoms with Gasteiger partial charge in [-0.3, -0.25) is 0 Å². The molecule has 0 unspecified atom stereocenters. The minimum absolute atomic E-state index is 0.0799. The van der Waals surface area contributed by atoms with E-state index >= 15 is 0 Å². The van der Waals surface area contributed by atoms with Gasteiger partial charge in [-0.25, -0.2) is 9.78 Å². The van der Waals surface area contributed by atoms with Crippen LogP contribution < -0.4 is 5.32 Å². The van der Waals surface area contributed by atoms with Gasteiger partial charge in [0.2, 0.25) is 5.28 Å². The molecular weight excluding hydrogens is 292 g/mol. The molecule has 1 aromatic heterocycles. The lowest BCUT2D eigenvalue weighted by molar-refractivity contribution is 0.0526. The van der Waals surface area contributed by atoms with Gasteiger partial charge >= 0.3 is 5.97 Å². The first-order chi connectivity index (χ1) is 10.1. The number of halogens is 1. The van der Waals surface area contributed by atoms with Crippen LogP contribution in [0.1, 0.15) is 43.0 Å². The molecule has 0 amide bonds. The predicted molar refractivity (Wildman–Crippen MR) is 78.0 cm³/mol. The lowest BCUT2D eigenvalue weighted by Crippen LogP contribution is -2.27. The molecule has 6 nitrogen and oxygen atoms in total. The molecule has 21 heavy (non-hydrogen) atoms. The molecule has 1 N–H and O–H groups in total. The van der Waals surface area contributed by atoms with Gasteiger partial charge in [0.15, 0.2) is 0 Å². The lowest BCUT2D eigenvalue weighted by Gasteiger charge is -2.26. The third-order valence-electron chi connectivity index (χ3n) is 3.51. The number of carbonyl (C=O) groups is 1. The van der Waals surface area contributed by atoms with Crippen LogP contribution in [0, 0.1) is 17.2 Å². The maximum atomic E-state index is 11.9. The Hall–Kier alpha value is -1.87. The van der Waals surface area contributed by atoms with Crippen molar-refractivity contribution in [3.05, 3.63) is 17.0 Å². The molecule has 1 saturated carbocycles. The highest BCUT2D eigenvalue weighted by Gasteiger charge is 2.23. The molecule has 2 rings (SSSR count). The Labute approximate surface area is 128 Å². The lowest BCUT2D eigenvalue weighted by atomic mass is 9.87. The first-order valence-electron chi connectivity index (χ1n) is 6.99. The molecule has 0 saturated heterocycles. The van der Waals surface area contributed by atoms with Crippen molar-refractivity contribution < 1.29 is 9.53 Å². The van der Waals surface area contributed by atoms with E-state index in [1.54, 1.807) is 6.92 Å². The number of hydrogen-bond acceptors (Lipinski definition) is 6. The first kappa shape index (κ1) is 15.5. The maximum absolute atomic E-state index is 11.9. The molecule has 0 spiro atoms. The van der Waals surface area contributed by atoms with Gasteiger partial charge in [0, 0.05) is 18.2 Å². The zero-order valence-corrected chi connectivity index (χ0v) is 12.6. The molecule has 1 aliphatic rings. The Kier molecular flexibility index (Phi) is 5.34. The van der Waals surface area contributed by atoms with Crippen LogP contribution >= 0.6 is 11.6 Å². The van der Waals surface area contributed by atoms with Gasteiger partial charge < -0.3 is 10.1 Å². The SMILES string of the molecule is CCOC(=O)c1cnc(Cl)nc1N[C@H]1CC[C@H](C#N)CC1. The summed E-state index contributed by atoms with van der Waals surface area (Å²) in [5.41, 5.74) is 0.281. The summed E-state index contributed by atoms with van der Waals surface area (Å²) in [6.45, 7) is 2.03. The fourth-order valence-corrected chi connectivity index (χ4v) is 2.52. The summed E-state index contributed by atoms with van der Waals surface area (Å²) in [4.78, 5) is 19.8. The van der Waals surface area contributed by atoms with Gasteiger partial charge in [0.25, 0.3) is 0 Å². The normalized spacial score (nSPS) is 21.4. The molecule has 112 valence electrons. The average Bonchev–Trinajstić information content (AvgIpc) is 2.48. The summed E-state index contributed by atoms with van der Waals surface area (Å²) in [6, 6.07) is 2.47. The molecule has 1 heterocycles. The Bertz CT molecular complexity index is 550. The van der Waals surface area contributed by atoms with Crippen molar-refractivity contribution in [3.63, 3.8) is 0 Å². The first-order valence-corrected chi connectivity index (χ1v) is 7.37. The second-order valence-electron chi connectivity index (χ2n) is 4.94. The second-order valence-corrected chi connectivity index (χ2v) is 5.28. The number of aromatic nitrogens is 2. The van der Waals surface area contributed by atoms with Crippen LogP contribution in [0.2, 0.25) is 5.28 Å². The summed E-state index contributed by atoms with van der Waals surface area (Å²) < 4.78 is 4.99. The van der Waals surface area contributed by atoms with E-state index in [2.05, 4.69) is 21.4 Å². The number of nitrogens with one attached hydrogen (secondary N) is 1. The summed E-state index contributed by atoms with van der Waals surface area (Å²) in [7, 11) is 0. The molecule has 1 fully saturated rings. The minimum Gasteiger partial charge on any atom is -0.462 e. The number of anilines is 1. The summed E-state index contributed by atoms with van der Waals surface area (Å²) in [6.07, 6.45) is 4.80. The number of esters is 1. The third-order valence-corrected chi connectivity index (χ3v) is 3.69. The van der Waals surface area contributed by atoms with E-state index < -0.39 is 5.97 Å². The number of ether oxygens (including phenoxy) is 1. The van der Waals surface area contributed by atoms with E-state index in [9.17, 15) is 4.79 Å². The van der Waals surface area contributed by atoms with E-state index in [1.165, 1.54) is 6.20 Å². The largest absolute Gasteiger partial charge is 0.462 e. The van der Waals surface area contributed by atoms with Crippen LogP contribution in [0.5, 0.6) is 0 Å². The van der Waals surface area contributed by atoms with E-state index in [-0.39, 0.29) is 29.4 Å². The predicted octanol–water partition coefficient (Wildman–Crippen LogP) is 2.80. The molecule has 0 atom stereocenters. The Morgan fingerprint density at radius 1 is 1.52 bits per heavy atom. The van der Waals surface area contributed by atoms with Crippen molar-refractivity contribution in [2.24, 2.45) is 5.92 Å². The smallest absolute Gasteiger partial charge is 0.343 e. The Balaban J connectivity index is 2.10. The molecule has 0 radical (unpaired) electrons. The van der Waals surface area contributed by atoms with E-state index in [4.69, 9.17) is 21.6 Å². The fraction of sp³-hybridized carbons (Fsp3) is 0.571. The van der Waals surface area contributed by atoms with E-state index in [0.29, 0.717) is 5.82 Å². The van der Waals surface area contributed by atoms with E-state index in [1.807, 2.05) is 0 Å². The van der Waals surface area contributed by atoms with Gasteiger partial charge in [0.1, 0.15) is 11.4 Å². The number of carbonyl (C=O) groups excluding carboxylic acids is 1. The van der Waals surface area contributed by atoms with Gasteiger partial charge in [0.05, 0.1) is 12.7 Å². The van der Waals surface area contributed by atoms with Gasteiger partial charge in [-0.1, -0.05) is 0 Å². The Morgan fingerprint density at radius 3 is 2.86 bits per heavy atom. The standard InChI is InChI=1S/C14H17ClN4O2/c1-2-21-13(20)11-8-17-14(15)19-12(11)18-10-5-3-9(7-16)4-6-10/h8-10H,2-6H2,1H3,(H,17,18,19)/t9-,10-. The van der Waals surface area contributed by atoms with Gasteiger partial charge in [-0.15, -0.1) is 0 Å². The average molecular weight is 309 g/mol. The van der Waals surface area contributed by atoms with Crippen LogP contribution in [-0.2, 0) is 4.74 Å². The van der Waals surface area contributed by atoms with Crippen LogP contribution in [0.4, 0.5) is 5.82 Å². The van der Waals surface area contributed by atoms with Crippen molar-refractivity contribution in [2.45, 2.75) is 38.6 Å². The molecular formula is C14H17ClN4O2. The van der Waals surface area contributed by atoms with Gasteiger partial charge in [-0.05, 0) is 44.2 Å². The minimum atomic E-state index is -0.470. The molecule has 1 aliphatic carbocycles. The van der Waals surface area contributed by atoms with Crippen molar-refractivity contribution >= 4 is 23.4 Å². The number of nitrogens with zero attached hydrogens (tertiary/aromatic N) is 3. The third kappa shape index (κ3) is 4.05. The monoisotopic (exact) mass is 308 g/mol. The van der Waals surface area contributed by atoms with E-state index in [0.717, 1.165) is 25.7 Å². The van der Waals surface area contributed by atoms with Crippen molar-refractivity contribution in [3.8, 4) is 6.07 Å². The molecule has 1 aromatic rings. The van der Waals surface area contributed by atoms with Crippen molar-refractivity contribution in [1.29, 1.82) is 5.26 Å². The number of rotatable bonds is 4.